The zero-order valence-corrected chi connectivity index (χ0v) is 18.1. The Kier molecular flexibility index (Phi) is 8.90. The highest BCUT2D eigenvalue weighted by molar-refractivity contribution is 6.01. The van der Waals surface area contributed by atoms with E-state index in [-0.39, 0.29) is 19.3 Å². The van der Waals surface area contributed by atoms with Gasteiger partial charge in [0.25, 0.3) is 0 Å². The van der Waals surface area contributed by atoms with Gasteiger partial charge in [0.15, 0.2) is 6.79 Å². The molecule has 0 radical (unpaired) electrons. The Balaban J connectivity index is 2.85. The molecule has 9 heteroatoms. The van der Waals surface area contributed by atoms with Crippen LogP contribution < -0.4 is 15.4 Å². The number of amides is 2. The van der Waals surface area contributed by atoms with E-state index in [2.05, 4.69) is 15.6 Å². The van der Waals surface area contributed by atoms with Gasteiger partial charge in [-0.1, -0.05) is 12.1 Å². The number of nitrogens with zero attached hydrogens (tertiary/aromatic N) is 1. The predicted molar refractivity (Wildman–Crippen MR) is 109 cm³/mol. The Morgan fingerprint density at radius 3 is 1.79 bits per heavy atom. The summed E-state index contributed by atoms with van der Waals surface area (Å²) < 4.78 is 20.6. The van der Waals surface area contributed by atoms with Gasteiger partial charge in [0.05, 0.1) is 6.54 Å². The normalized spacial score (nSPS) is 11.3. The second-order valence-corrected chi connectivity index (χ2v) is 8.11. The van der Waals surface area contributed by atoms with Gasteiger partial charge in [-0.05, 0) is 59.2 Å². The van der Waals surface area contributed by atoms with Gasteiger partial charge in [-0.2, -0.15) is 0 Å². The summed E-state index contributed by atoms with van der Waals surface area (Å²) >= 11 is 0. The highest BCUT2D eigenvalue weighted by atomic mass is 16.7. The minimum absolute atomic E-state index is 0.0757. The number of hydrogen-bond donors (Lipinski definition) is 2. The smallest absolute Gasteiger partial charge is 0.414 e. The topological polar surface area (TPSA) is 107 Å². The molecule has 9 nitrogen and oxygen atoms in total. The molecule has 0 atom stereocenters. The molecule has 0 bridgehead atoms. The van der Waals surface area contributed by atoms with E-state index in [1.807, 2.05) is 12.1 Å². The van der Waals surface area contributed by atoms with Crippen LogP contribution in [0.4, 0.5) is 9.59 Å². The molecule has 0 aliphatic rings. The second-order valence-electron chi connectivity index (χ2n) is 8.11. The van der Waals surface area contributed by atoms with Crippen molar-refractivity contribution in [3.8, 4) is 5.75 Å². The van der Waals surface area contributed by atoms with Crippen LogP contribution in [-0.4, -0.2) is 43.3 Å². The molecule has 2 amide bonds. The number of guanidine groups is 1. The SMILES string of the molecule is COCOc1ccc(CN=C(NC(=O)OC(C)(C)C)NC(=O)OC(C)(C)C)cc1. The molecule has 1 rings (SSSR count). The molecule has 0 spiro atoms. The third-order valence-electron chi connectivity index (χ3n) is 2.93. The fourth-order valence-corrected chi connectivity index (χ4v) is 1.90. The summed E-state index contributed by atoms with van der Waals surface area (Å²) in [5.41, 5.74) is -0.553. The van der Waals surface area contributed by atoms with E-state index in [9.17, 15) is 9.59 Å². The molecule has 0 heterocycles. The lowest BCUT2D eigenvalue weighted by molar-refractivity contribution is 0.0510. The van der Waals surface area contributed by atoms with Gasteiger partial charge < -0.3 is 18.9 Å². The molecule has 162 valence electrons. The van der Waals surface area contributed by atoms with Crippen molar-refractivity contribution in [1.29, 1.82) is 0 Å². The van der Waals surface area contributed by atoms with Gasteiger partial charge in [-0.15, -0.1) is 0 Å². The maximum atomic E-state index is 12.1. The molecule has 0 unspecified atom stereocenters. The van der Waals surface area contributed by atoms with Crippen LogP contribution in [0.25, 0.3) is 0 Å². The van der Waals surface area contributed by atoms with Gasteiger partial charge in [0.2, 0.25) is 5.96 Å². The Morgan fingerprint density at radius 1 is 0.897 bits per heavy atom. The number of benzene rings is 1. The molecular formula is C20H31N3O6. The van der Waals surface area contributed by atoms with Crippen LogP contribution in [0.3, 0.4) is 0 Å². The van der Waals surface area contributed by atoms with Crippen LogP contribution >= 0.6 is 0 Å². The molecule has 1 aromatic rings. The van der Waals surface area contributed by atoms with E-state index in [4.69, 9.17) is 18.9 Å². The molecule has 0 saturated carbocycles. The maximum Gasteiger partial charge on any atom is 0.414 e. The van der Waals surface area contributed by atoms with Crippen molar-refractivity contribution in [3.63, 3.8) is 0 Å². The molecule has 0 aliphatic heterocycles. The molecular weight excluding hydrogens is 378 g/mol. The number of alkyl carbamates (subject to hydrolysis) is 2. The van der Waals surface area contributed by atoms with Crippen molar-refractivity contribution in [3.05, 3.63) is 29.8 Å². The monoisotopic (exact) mass is 409 g/mol. The molecule has 1 aromatic carbocycles. The Morgan fingerprint density at radius 2 is 1.38 bits per heavy atom. The van der Waals surface area contributed by atoms with Crippen molar-refractivity contribution in [2.75, 3.05) is 13.9 Å². The maximum absolute atomic E-state index is 12.1. The van der Waals surface area contributed by atoms with E-state index < -0.39 is 23.4 Å². The number of carbonyl (C=O) groups excluding carboxylic acids is 2. The molecule has 0 aromatic heterocycles. The summed E-state index contributed by atoms with van der Waals surface area (Å²) in [7, 11) is 1.54. The van der Waals surface area contributed by atoms with Crippen LogP contribution in [0, 0.1) is 0 Å². The number of nitrogens with one attached hydrogen (secondary N) is 2. The van der Waals surface area contributed by atoms with Crippen LogP contribution in [0.5, 0.6) is 5.75 Å². The van der Waals surface area contributed by atoms with Crippen molar-refractivity contribution < 1.29 is 28.5 Å². The summed E-state index contributed by atoms with van der Waals surface area (Å²) in [6, 6.07) is 7.17. The third kappa shape index (κ3) is 11.6. The number of rotatable bonds is 5. The number of carbonyl (C=O) groups is 2. The fraction of sp³-hybridized carbons (Fsp3) is 0.550. The Hall–Kier alpha value is -2.81. The average Bonchev–Trinajstić information content (AvgIpc) is 2.55. The van der Waals surface area contributed by atoms with Crippen molar-refractivity contribution >= 4 is 18.1 Å². The number of aliphatic imine (C=N–C) groups is 1. The summed E-state index contributed by atoms with van der Waals surface area (Å²) in [5, 5.41) is 4.87. The molecule has 0 fully saturated rings. The number of hydrogen-bond acceptors (Lipinski definition) is 7. The van der Waals surface area contributed by atoms with E-state index in [0.29, 0.717) is 5.75 Å². The lowest BCUT2D eigenvalue weighted by Crippen LogP contribution is -2.47. The van der Waals surface area contributed by atoms with E-state index in [1.165, 1.54) is 0 Å². The lowest BCUT2D eigenvalue weighted by atomic mass is 10.2. The first kappa shape index (κ1) is 24.2. The summed E-state index contributed by atoms with van der Waals surface area (Å²) in [5.74, 6) is 0.576. The van der Waals surface area contributed by atoms with E-state index in [1.54, 1.807) is 60.8 Å². The average molecular weight is 409 g/mol. The number of ether oxygens (including phenoxy) is 4. The van der Waals surface area contributed by atoms with Crippen molar-refractivity contribution in [1.82, 2.24) is 10.6 Å². The standard InChI is InChI=1S/C20H31N3O6/c1-19(2,3)28-17(24)22-16(23-18(25)29-20(4,5)6)21-12-14-8-10-15(11-9-14)27-13-26-7/h8-11H,12-13H2,1-7H3,(H2,21,22,23,24,25). The van der Waals surface area contributed by atoms with Crippen molar-refractivity contribution in [2.45, 2.75) is 59.3 Å². The number of methoxy groups -OCH3 is 1. The van der Waals surface area contributed by atoms with Crippen LogP contribution in [0.2, 0.25) is 0 Å². The Labute approximate surface area is 171 Å². The lowest BCUT2D eigenvalue weighted by Gasteiger charge is -2.22. The molecule has 0 saturated heterocycles. The van der Waals surface area contributed by atoms with Crippen LogP contribution in [0.1, 0.15) is 47.1 Å². The first-order chi connectivity index (χ1) is 13.4. The van der Waals surface area contributed by atoms with Crippen LogP contribution in [0.15, 0.2) is 29.3 Å². The molecule has 29 heavy (non-hydrogen) atoms. The quantitative estimate of drug-likeness (QED) is 0.437. The first-order valence-corrected chi connectivity index (χ1v) is 9.13. The Bertz CT molecular complexity index is 670. The predicted octanol–water partition coefficient (Wildman–Crippen LogP) is 3.57. The first-order valence-electron chi connectivity index (χ1n) is 9.13. The van der Waals surface area contributed by atoms with Gasteiger partial charge >= 0.3 is 12.2 Å². The zero-order valence-electron chi connectivity index (χ0n) is 18.1. The third-order valence-corrected chi connectivity index (χ3v) is 2.93. The van der Waals surface area contributed by atoms with Gasteiger partial charge in [0.1, 0.15) is 17.0 Å². The minimum atomic E-state index is -0.740. The van der Waals surface area contributed by atoms with Gasteiger partial charge in [-0.3, -0.25) is 10.6 Å². The van der Waals surface area contributed by atoms with Crippen molar-refractivity contribution in [2.24, 2.45) is 4.99 Å². The molecule has 0 aliphatic carbocycles. The summed E-state index contributed by atoms with van der Waals surface area (Å²) in [6.45, 7) is 10.8. The van der Waals surface area contributed by atoms with E-state index >= 15 is 0 Å². The summed E-state index contributed by atoms with van der Waals surface area (Å²) in [6.07, 6.45) is -1.48. The summed E-state index contributed by atoms with van der Waals surface area (Å²) in [4.78, 5) is 28.4. The fourth-order valence-electron chi connectivity index (χ4n) is 1.90. The second kappa shape index (κ2) is 10.7. The van der Waals surface area contributed by atoms with Crippen LogP contribution in [-0.2, 0) is 20.8 Å². The zero-order chi connectivity index (χ0) is 22.1. The van der Waals surface area contributed by atoms with E-state index in [0.717, 1.165) is 5.56 Å². The van der Waals surface area contributed by atoms with Gasteiger partial charge in [-0.25, -0.2) is 14.6 Å². The highest BCUT2D eigenvalue weighted by Crippen LogP contribution is 2.13. The minimum Gasteiger partial charge on any atom is -0.468 e. The molecule has 2 N–H and O–H groups in total. The largest absolute Gasteiger partial charge is 0.468 e. The highest BCUT2D eigenvalue weighted by Gasteiger charge is 2.21. The van der Waals surface area contributed by atoms with Gasteiger partial charge in [0, 0.05) is 7.11 Å².